The second-order valence-corrected chi connectivity index (χ2v) is 27.8. The summed E-state index contributed by atoms with van der Waals surface area (Å²) < 4.78 is 10.2. The second kappa shape index (κ2) is 17.8. The van der Waals surface area contributed by atoms with E-state index < -0.39 is 13.3 Å². The molecule has 0 fully saturated rings. The van der Waals surface area contributed by atoms with E-state index in [-0.39, 0.29) is 26.0 Å². The third-order valence-electron chi connectivity index (χ3n) is 10.9. The van der Waals surface area contributed by atoms with Gasteiger partial charge < -0.3 is 8.98 Å². The maximum Gasteiger partial charge on any atom is 0.119 e. The maximum absolute atomic E-state index is 6.40. The molecule has 305 valence electrons. The molecule has 0 N–H and O–H groups in total. The Morgan fingerprint density at radius 3 is 2.18 bits per heavy atom. The minimum atomic E-state index is -1.87. The van der Waals surface area contributed by atoms with Gasteiger partial charge in [-0.1, -0.05) is 68.4 Å². The zero-order valence-electron chi connectivity index (χ0n) is 35.9. The van der Waals surface area contributed by atoms with Crippen molar-refractivity contribution in [3.8, 4) is 39.5 Å². The molecular weight excluding hydrogens is 975 g/mol. The van der Waals surface area contributed by atoms with Gasteiger partial charge in [-0.2, -0.15) is 0 Å². The third-order valence-corrected chi connectivity index (χ3v) is 15.3. The van der Waals surface area contributed by atoms with Crippen molar-refractivity contribution in [2.24, 2.45) is 5.92 Å². The third kappa shape index (κ3) is 8.54. The predicted octanol–water partition coefficient (Wildman–Crippen LogP) is 12.9. The summed E-state index contributed by atoms with van der Waals surface area (Å²) in [7, 11) is 0. The Bertz CT molecular complexity index is 2930. The van der Waals surface area contributed by atoms with Crippen LogP contribution < -0.4 is 4.40 Å². The Labute approximate surface area is 370 Å². The quantitative estimate of drug-likeness (QED) is 0.112. The van der Waals surface area contributed by atoms with Gasteiger partial charge in [-0.3, -0.25) is 15.0 Å². The van der Waals surface area contributed by atoms with Gasteiger partial charge in [-0.15, -0.1) is 11.6 Å². The van der Waals surface area contributed by atoms with Crippen LogP contribution in [-0.4, -0.2) is 37.8 Å². The van der Waals surface area contributed by atoms with Gasteiger partial charge in [0.15, 0.2) is 0 Å². The Balaban J connectivity index is 0.000000212. The molecule has 6 nitrogen and oxygen atoms in total. The summed E-state index contributed by atoms with van der Waals surface area (Å²) in [6.45, 7) is 13.2. The standard InChI is InChI=1S/C33H25N4O.C19H26GeN.Ir/c1-20(2)26-18-34-19-27-31(26)37(24-14-12-23(13-15-24)22-9-5-4-6-10-22)33(36-27)25-16-17-35-30-29-21(3)8-7-11-28(29)38-32(25)30;1-14(2)11-16-12-19(17-10-8-7-9-15(17)3)21-13-18(16)20(4,5)6;/h4-15,17-20H,1-3H3;7-9,12-14H,11H2,1-6H3;/q2*-1;. The molecule has 1 radical (unpaired) electrons. The molecule has 5 aromatic heterocycles. The van der Waals surface area contributed by atoms with E-state index >= 15 is 0 Å². The minimum Gasteiger partial charge on any atom is -0.513 e. The summed E-state index contributed by atoms with van der Waals surface area (Å²) >= 11 is -1.87. The van der Waals surface area contributed by atoms with Crippen molar-refractivity contribution < 1.29 is 24.5 Å². The van der Waals surface area contributed by atoms with Crippen LogP contribution in [0.2, 0.25) is 17.3 Å². The van der Waals surface area contributed by atoms with E-state index in [0.717, 1.165) is 79.0 Å². The summed E-state index contributed by atoms with van der Waals surface area (Å²) in [6.07, 6.45) is 8.79. The largest absolute Gasteiger partial charge is 0.513 e. The Morgan fingerprint density at radius 1 is 0.750 bits per heavy atom. The molecule has 0 saturated carbocycles. The molecule has 0 aliphatic rings. The van der Waals surface area contributed by atoms with Gasteiger partial charge in [0, 0.05) is 43.2 Å². The van der Waals surface area contributed by atoms with Crippen molar-refractivity contribution in [1.29, 1.82) is 0 Å². The molecule has 0 aliphatic heterocycles. The van der Waals surface area contributed by atoms with Crippen LogP contribution in [0, 0.1) is 31.9 Å². The number of aromatic nitrogens is 5. The van der Waals surface area contributed by atoms with Crippen LogP contribution in [0.1, 0.15) is 55.9 Å². The molecule has 0 unspecified atom stereocenters. The molecular formula is C52H51GeIrN5O-2. The van der Waals surface area contributed by atoms with Crippen molar-refractivity contribution in [1.82, 2.24) is 24.5 Å². The van der Waals surface area contributed by atoms with Gasteiger partial charge in [0.05, 0.1) is 28.3 Å². The van der Waals surface area contributed by atoms with Gasteiger partial charge in [0.2, 0.25) is 0 Å². The topological polar surface area (TPSA) is 69.6 Å². The van der Waals surface area contributed by atoms with Crippen molar-refractivity contribution in [2.75, 3.05) is 0 Å². The summed E-state index contributed by atoms with van der Waals surface area (Å²) in [5, 5.41) is 1.03. The molecule has 5 heterocycles. The second-order valence-electron chi connectivity index (χ2n) is 17.2. The summed E-state index contributed by atoms with van der Waals surface area (Å²) in [6, 6.07) is 40.3. The zero-order chi connectivity index (χ0) is 41.4. The van der Waals surface area contributed by atoms with Gasteiger partial charge in [-0.25, -0.2) is 0 Å². The Morgan fingerprint density at radius 2 is 1.48 bits per heavy atom. The summed E-state index contributed by atoms with van der Waals surface area (Å²) in [5.74, 6) is 9.03. The molecule has 0 amide bonds. The summed E-state index contributed by atoms with van der Waals surface area (Å²) in [5.41, 5.74) is 15.6. The first-order valence-corrected chi connectivity index (χ1v) is 27.9. The molecule has 0 saturated heterocycles. The first-order chi connectivity index (χ1) is 28.4. The fraction of sp³-hybridized carbons (Fsp3) is 0.231. The molecule has 9 rings (SSSR count). The van der Waals surface area contributed by atoms with Crippen molar-refractivity contribution in [3.63, 3.8) is 0 Å². The number of nitrogens with zero attached hydrogens (tertiary/aromatic N) is 5. The van der Waals surface area contributed by atoms with E-state index in [1.807, 2.05) is 42.7 Å². The number of aryl methyl sites for hydroxylation is 2. The van der Waals surface area contributed by atoms with E-state index in [1.54, 1.807) is 10.6 Å². The van der Waals surface area contributed by atoms with E-state index in [4.69, 9.17) is 14.4 Å². The van der Waals surface area contributed by atoms with E-state index in [0.29, 0.717) is 11.5 Å². The molecule has 0 bridgehead atoms. The summed E-state index contributed by atoms with van der Waals surface area (Å²) in [4.78, 5) is 19.0. The number of hydrogen-bond acceptors (Lipinski definition) is 5. The Kier molecular flexibility index (Phi) is 12.7. The van der Waals surface area contributed by atoms with Gasteiger partial charge in [-0.05, 0) is 59.5 Å². The van der Waals surface area contributed by atoms with Crippen LogP contribution in [-0.2, 0) is 26.5 Å². The SMILES string of the molecule is Cc1ccc[c-]c1-c1cc(CC(C)C)[c]([Ge]([CH3])([CH3])[CH3])cn1.Cc1cccc2oc3c(-c4nc5cncc(C(C)C)c5n4-c4ccc(-c5ccccc5)cc4)[c-]cnc3c12.[Ir]. The van der Waals surface area contributed by atoms with Gasteiger partial charge in [0.25, 0.3) is 0 Å². The number of hydrogen-bond donors (Lipinski definition) is 0. The number of rotatable bonds is 8. The fourth-order valence-corrected chi connectivity index (χ4v) is 11.4. The smallest absolute Gasteiger partial charge is 0.119 e. The predicted molar refractivity (Wildman–Crippen MR) is 247 cm³/mol. The minimum absolute atomic E-state index is 0. The number of furan rings is 1. The Hall–Kier alpha value is -5.21. The van der Waals surface area contributed by atoms with E-state index in [9.17, 15) is 0 Å². The first kappa shape index (κ1) is 42.9. The average Bonchev–Trinajstić information content (AvgIpc) is 3.81. The van der Waals surface area contributed by atoms with Gasteiger partial charge in [0.1, 0.15) is 5.58 Å². The van der Waals surface area contributed by atoms with Crippen LogP contribution in [0.15, 0.2) is 126 Å². The number of benzene rings is 4. The molecule has 4 aromatic carbocycles. The van der Waals surface area contributed by atoms with Crippen LogP contribution in [0.25, 0.3) is 72.6 Å². The van der Waals surface area contributed by atoms with Crippen LogP contribution in [0.5, 0.6) is 0 Å². The molecule has 0 spiro atoms. The molecule has 8 heteroatoms. The maximum atomic E-state index is 6.40. The fourth-order valence-electron chi connectivity index (χ4n) is 8.03. The van der Waals surface area contributed by atoms with Gasteiger partial charge >= 0.3 is 132 Å². The normalized spacial score (nSPS) is 11.7. The zero-order valence-corrected chi connectivity index (χ0v) is 40.4. The average molecular weight is 1030 g/mol. The molecule has 0 aliphatic carbocycles. The first-order valence-electron chi connectivity index (χ1n) is 20.6. The molecule has 9 aromatic rings. The number of pyridine rings is 3. The number of imidazole rings is 1. The van der Waals surface area contributed by atoms with E-state index in [2.05, 4.69) is 158 Å². The molecule has 0 atom stereocenters. The van der Waals surface area contributed by atoms with E-state index in [1.165, 1.54) is 16.7 Å². The van der Waals surface area contributed by atoms with Crippen molar-refractivity contribution in [2.45, 2.75) is 71.1 Å². The van der Waals surface area contributed by atoms with Crippen LogP contribution in [0.4, 0.5) is 0 Å². The van der Waals surface area contributed by atoms with Crippen LogP contribution >= 0.6 is 0 Å². The molecule has 60 heavy (non-hydrogen) atoms. The van der Waals surface area contributed by atoms with Crippen molar-refractivity contribution >= 4 is 50.8 Å². The monoisotopic (exact) mass is 1030 g/mol. The van der Waals surface area contributed by atoms with Crippen LogP contribution in [0.3, 0.4) is 0 Å². The number of fused-ring (bicyclic) bond motifs is 4. The van der Waals surface area contributed by atoms with Crippen molar-refractivity contribution in [3.05, 3.63) is 156 Å².